The van der Waals surface area contributed by atoms with Gasteiger partial charge in [0, 0.05) is 5.56 Å². The molecule has 0 aromatic heterocycles. The minimum absolute atomic E-state index is 0.439. The molecule has 1 rings (SSSR count). The Bertz CT molecular complexity index is 412. The van der Waals surface area contributed by atoms with Crippen LogP contribution in [0, 0.1) is 23.3 Å². The summed E-state index contributed by atoms with van der Waals surface area (Å²) in [6.07, 6.45) is 1.07. The van der Waals surface area contributed by atoms with Gasteiger partial charge in [-0.1, -0.05) is 0 Å². The molecule has 0 aliphatic heterocycles. The van der Waals surface area contributed by atoms with E-state index in [0.717, 1.165) is 6.08 Å². The van der Waals surface area contributed by atoms with Crippen molar-refractivity contribution in [2.24, 2.45) is 4.99 Å². The standard InChI is InChI=1S/C8H3F4NO/c9-5-1-4(2-13-3-14)6(10)8(12)7(5)11/h1H,2H2. The van der Waals surface area contributed by atoms with Crippen molar-refractivity contribution in [3.8, 4) is 0 Å². The maximum atomic E-state index is 12.8. The first-order chi connectivity index (χ1) is 6.57. The van der Waals surface area contributed by atoms with Crippen molar-refractivity contribution >= 4 is 6.08 Å². The summed E-state index contributed by atoms with van der Waals surface area (Å²) >= 11 is 0. The quantitative estimate of drug-likeness (QED) is 0.239. The number of nitrogens with zero attached hydrogens (tertiary/aromatic N) is 1. The van der Waals surface area contributed by atoms with Crippen LogP contribution in [0.4, 0.5) is 17.6 Å². The SMILES string of the molecule is O=C=NCc1cc(F)c(F)c(F)c1F. The van der Waals surface area contributed by atoms with Gasteiger partial charge in [0.2, 0.25) is 6.08 Å². The Morgan fingerprint density at radius 2 is 1.79 bits per heavy atom. The summed E-state index contributed by atoms with van der Waals surface area (Å²) in [6.45, 7) is -0.580. The van der Waals surface area contributed by atoms with Crippen molar-refractivity contribution in [2.75, 3.05) is 0 Å². The lowest BCUT2D eigenvalue weighted by Crippen LogP contribution is -2.00. The molecule has 0 radical (unpaired) electrons. The average Bonchev–Trinajstić information content (AvgIpc) is 2.18. The molecule has 0 aliphatic rings. The first-order valence-corrected chi connectivity index (χ1v) is 3.43. The third kappa shape index (κ3) is 1.80. The number of aliphatic imine (C=N–C) groups is 1. The molecule has 2 nitrogen and oxygen atoms in total. The van der Waals surface area contributed by atoms with E-state index in [4.69, 9.17) is 0 Å². The third-order valence-corrected chi connectivity index (χ3v) is 1.49. The van der Waals surface area contributed by atoms with Crippen LogP contribution in [0.1, 0.15) is 5.56 Å². The van der Waals surface area contributed by atoms with Crippen molar-refractivity contribution in [1.29, 1.82) is 0 Å². The van der Waals surface area contributed by atoms with Crippen molar-refractivity contribution in [3.05, 3.63) is 34.9 Å². The first-order valence-electron chi connectivity index (χ1n) is 3.43. The average molecular weight is 205 g/mol. The summed E-state index contributed by atoms with van der Waals surface area (Å²) in [5.74, 6) is -6.88. The van der Waals surface area contributed by atoms with Crippen LogP contribution < -0.4 is 0 Å². The van der Waals surface area contributed by atoms with Gasteiger partial charge in [0.1, 0.15) is 0 Å². The summed E-state index contributed by atoms with van der Waals surface area (Å²) in [4.78, 5) is 12.6. The minimum Gasteiger partial charge on any atom is -0.211 e. The molecule has 1 aromatic carbocycles. The fraction of sp³-hybridized carbons (Fsp3) is 0.125. The zero-order chi connectivity index (χ0) is 10.7. The number of benzene rings is 1. The van der Waals surface area contributed by atoms with E-state index >= 15 is 0 Å². The van der Waals surface area contributed by atoms with Gasteiger partial charge < -0.3 is 0 Å². The number of rotatable bonds is 2. The predicted molar refractivity (Wildman–Crippen MR) is 38.1 cm³/mol. The van der Waals surface area contributed by atoms with Crippen LogP contribution in [0.3, 0.4) is 0 Å². The number of hydrogen-bond acceptors (Lipinski definition) is 2. The predicted octanol–water partition coefficient (Wildman–Crippen LogP) is 2.08. The molecule has 0 amide bonds. The van der Waals surface area contributed by atoms with Gasteiger partial charge in [0.25, 0.3) is 0 Å². The molecule has 74 valence electrons. The molecule has 0 fully saturated rings. The summed E-state index contributed by atoms with van der Waals surface area (Å²) in [6, 6.07) is 0.439. The smallest absolute Gasteiger partial charge is 0.211 e. The summed E-state index contributed by atoms with van der Waals surface area (Å²) in [7, 11) is 0. The molecule has 14 heavy (non-hydrogen) atoms. The Balaban J connectivity index is 3.25. The van der Waals surface area contributed by atoms with Crippen molar-refractivity contribution in [2.45, 2.75) is 6.54 Å². The maximum absolute atomic E-state index is 12.8. The van der Waals surface area contributed by atoms with Crippen molar-refractivity contribution < 1.29 is 22.4 Å². The summed E-state index contributed by atoms with van der Waals surface area (Å²) in [5.41, 5.74) is -0.537. The lowest BCUT2D eigenvalue weighted by atomic mass is 10.2. The van der Waals surface area contributed by atoms with Gasteiger partial charge in [-0.15, -0.1) is 0 Å². The molecule has 0 bridgehead atoms. The normalized spacial score (nSPS) is 9.71. The Kier molecular flexibility index (Phi) is 2.99. The Labute approximate surface area is 75.9 Å². The van der Waals surface area contributed by atoms with Crippen LogP contribution in [0.15, 0.2) is 11.1 Å². The van der Waals surface area contributed by atoms with E-state index in [1.54, 1.807) is 0 Å². The first kappa shape index (κ1) is 10.4. The van der Waals surface area contributed by atoms with Gasteiger partial charge in [0.15, 0.2) is 23.3 Å². The van der Waals surface area contributed by atoms with Crippen LogP contribution in [0.2, 0.25) is 0 Å². The zero-order valence-corrected chi connectivity index (χ0v) is 6.65. The van der Waals surface area contributed by atoms with E-state index in [-0.39, 0.29) is 0 Å². The van der Waals surface area contributed by atoms with E-state index in [9.17, 15) is 22.4 Å². The number of halogens is 4. The second-order valence-corrected chi connectivity index (χ2v) is 2.37. The topological polar surface area (TPSA) is 29.4 Å². The maximum Gasteiger partial charge on any atom is 0.235 e. The second kappa shape index (κ2) is 4.02. The highest BCUT2D eigenvalue weighted by Gasteiger charge is 2.18. The molecule has 0 N–H and O–H groups in total. The Morgan fingerprint density at radius 3 is 2.36 bits per heavy atom. The van der Waals surface area contributed by atoms with Crippen LogP contribution in [-0.2, 0) is 11.3 Å². The van der Waals surface area contributed by atoms with Gasteiger partial charge in [-0.05, 0) is 6.07 Å². The highest BCUT2D eigenvalue weighted by Crippen LogP contribution is 2.18. The fourth-order valence-corrected chi connectivity index (χ4v) is 0.854. The number of isocyanates is 1. The summed E-state index contributed by atoms with van der Waals surface area (Å²) in [5, 5.41) is 0. The van der Waals surface area contributed by atoms with Crippen molar-refractivity contribution in [1.82, 2.24) is 0 Å². The van der Waals surface area contributed by atoms with Crippen LogP contribution in [0.25, 0.3) is 0 Å². The third-order valence-electron chi connectivity index (χ3n) is 1.49. The van der Waals surface area contributed by atoms with Gasteiger partial charge in [-0.2, -0.15) is 0 Å². The molecule has 0 aliphatic carbocycles. The Hall–Kier alpha value is -1.68. The molecule has 0 atom stereocenters. The van der Waals surface area contributed by atoms with E-state index < -0.39 is 35.4 Å². The van der Waals surface area contributed by atoms with E-state index in [2.05, 4.69) is 4.99 Å². The fourth-order valence-electron chi connectivity index (χ4n) is 0.854. The molecule has 0 heterocycles. The molecule has 6 heteroatoms. The highest BCUT2D eigenvalue weighted by atomic mass is 19.2. The van der Waals surface area contributed by atoms with E-state index in [0.29, 0.717) is 6.07 Å². The monoisotopic (exact) mass is 205 g/mol. The van der Waals surface area contributed by atoms with Gasteiger partial charge in [-0.25, -0.2) is 27.3 Å². The van der Waals surface area contributed by atoms with Crippen LogP contribution in [0.5, 0.6) is 0 Å². The second-order valence-electron chi connectivity index (χ2n) is 2.37. The zero-order valence-electron chi connectivity index (χ0n) is 6.65. The van der Waals surface area contributed by atoms with E-state index in [1.807, 2.05) is 0 Å². The lowest BCUT2D eigenvalue weighted by molar-refractivity contribution is 0.404. The van der Waals surface area contributed by atoms with Gasteiger partial charge >= 0.3 is 0 Å². The molecule has 1 aromatic rings. The molecule has 0 saturated carbocycles. The largest absolute Gasteiger partial charge is 0.235 e. The molecular weight excluding hydrogens is 202 g/mol. The number of hydrogen-bond donors (Lipinski definition) is 0. The number of carbonyl (C=O) groups excluding carboxylic acids is 1. The molecule has 0 saturated heterocycles. The molecule has 0 unspecified atom stereocenters. The van der Waals surface area contributed by atoms with Gasteiger partial charge in [0.05, 0.1) is 6.54 Å². The van der Waals surface area contributed by atoms with E-state index in [1.165, 1.54) is 0 Å². The Morgan fingerprint density at radius 1 is 1.14 bits per heavy atom. The molecule has 0 spiro atoms. The van der Waals surface area contributed by atoms with Crippen LogP contribution >= 0.6 is 0 Å². The van der Waals surface area contributed by atoms with Crippen molar-refractivity contribution in [3.63, 3.8) is 0 Å². The minimum atomic E-state index is -1.92. The highest BCUT2D eigenvalue weighted by molar-refractivity contribution is 5.34. The summed E-state index contributed by atoms with van der Waals surface area (Å²) < 4.78 is 50.3. The van der Waals surface area contributed by atoms with Crippen LogP contribution in [-0.4, -0.2) is 6.08 Å². The lowest BCUT2D eigenvalue weighted by Gasteiger charge is -2.01. The molecular formula is C8H3F4NO. The van der Waals surface area contributed by atoms with Gasteiger partial charge in [-0.3, -0.25) is 0 Å².